The Bertz CT molecular complexity index is 760. The molecule has 6 heteroatoms. The highest BCUT2D eigenvalue weighted by atomic mass is 16.5. The van der Waals surface area contributed by atoms with E-state index in [1.54, 1.807) is 0 Å². The van der Waals surface area contributed by atoms with Crippen molar-refractivity contribution >= 4 is 0 Å². The van der Waals surface area contributed by atoms with Crippen molar-refractivity contribution in [1.82, 2.24) is 19.9 Å². The Morgan fingerprint density at radius 1 is 1.09 bits per heavy atom. The second kappa shape index (κ2) is 6.34. The minimum absolute atomic E-state index is 0.326. The smallest absolute Gasteiger partial charge is 0.229 e. The third-order valence-corrected chi connectivity index (χ3v) is 4.06. The number of ether oxygens (including phenoxy) is 1. The summed E-state index contributed by atoms with van der Waals surface area (Å²) in [4.78, 5) is 4.53. The van der Waals surface area contributed by atoms with Gasteiger partial charge in [-0.2, -0.15) is 10.1 Å². The summed E-state index contributed by atoms with van der Waals surface area (Å²) in [6, 6.07) is 12.0. The summed E-state index contributed by atoms with van der Waals surface area (Å²) in [5, 5.41) is 8.67. The molecule has 1 fully saturated rings. The van der Waals surface area contributed by atoms with Crippen molar-refractivity contribution in [2.75, 3.05) is 13.2 Å². The first-order chi connectivity index (χ1) is 11.4. The van der Waals surface area contributed by atoms with E-state index < -0.39 is 0 Å². The van der Waals surface area contributed by atoms with E-state index in [0.29, 0.717) is 18.2 Å². The fourth-order valence-electron chi connectivity index (χ4n) is 2.79. The van der Waals surface area contributed by atoms with E-state index in [2.05, 4.69) is 15.2 Å². The summed E-state index contributed by atoms with van der Waals surface area (Å²) in [5.41, 5.74) is 1.96. The Morgan fingerprint density at radius 3 is 2.74 bits per heavy atom. The summed E-state index contributed by atoms with van der Waals surface area (Å²) >= 11 is 0. The molecule has 0 saturated carbocycles. The molecule has 23 heavy (non-hydrogen) atoms. The van der Waals surface area contributed by atoms with Gasteiger partial charge < -0.3 is 9.26 Å². The third kappa shape index (κ3) is 3.17. The maximum absolute atomic E-state index is 5.42. The zero-order chi connectivity index (χ0) is 15.5. The largest absolute Gasteiger partial charge is 0.381 e. The van der Waals surface area contributed by atoms with Crippen LogP contribution in [-0.4, -0.2) is 33.1 Å². The van der Waals surface area contributed by atoms with Crippen LogP contribution in [0.1, 0.15) is 36.2 Å². The number of hydrogen-bond acceptors (Lipinski definition) is 5. The van der Waals surface area contributed by atoms with Crippen molar-refractivity contribution < 1.29 is 9.26 Å². The molecule has 0 spiro atoms. The SMILES string of the molecule is c1ccc(-n2ccc(Cc3noc(C4CCOCC4)n3)n2)cc1. The number of aromatic nitrogens is 4. The van der Waals surface area contributed by atoms with Gasteiger partial charge in [0.25, 0.3) is 0 Å². The molecule has 118 valence electrons. The lowest BCUT2D eigenvalue weighted by molar-refractivity contribution is 0.0778. The van der Waals surface area contributed by atoms with Gasteiger partial charge in [0.1, 0.15) is 0 Å². The number of para-hydroxylation sites is 1. The van der Waals surface area contributed by atoms with Gasteiger partial charge in [0.15, 0.2) is 5.82 Å². The maximum Gasteiger partial charge on any atom is 0.229 e. The van der Waals surface area contributed by atoms with Crippen LogP contribution in [0.5, 0.6) is 0 Å². The molecule has 0 unspecified atom stereocenters. The summed E-state index contributed by atoms with van der Waals surface area (Å²) in [5.74, 6) is 1.74. The van der Waals surface area contributed by atoms with Crippen LogP contribution in [0.15, 0.2) is 47.1 Å². The molecule has 1 aliphatic rings. The molecule has 6 nitrogen and oxygen atoms in total. The van der Waals surface area contributed by atoms with Crippen LogP contribution in [0.4, 0.5) is 0 Å². The molecule has 0 atom stereocenters. The van der Waals surface area contributed by atoms with E-state index in [1.165, 1.54) is 0 Å². The van der Waals surface area contributed by atoms with Crippen molar-refractivity contribution in [3.05, 3.63) is 60.0 Å². The zero-order valence-electron chi connectivity index (χ0n) is 12.8. The molecular formula is C17H18N4O2. The van der Waals surface area contributed by atoms with Gasteiger partial charge in [-0.05, 0) is 31.0 Å². The molecule has 3 heterocycles. The first kappa shape index (κ1) is 14.1. The number of rotatable bonds is 4. The van der Waals surface area contributed by atoms with Gasteiger partial charge in [-0.15, -0.1) is 0 Å². The van der Waals surface area contributed by atoms with Gasteiger partial charge in [-0.1, -0.05) is 23.4 Å². The van der Waals surface area contributed by atoms with E-state index in [9.17, 15) is 0 Å². The fraction of sp³-hybridized carbons (Fsp3) is 0.353. The molecule has 0 aliphatic carbocycles. The lowest BCUT2D eigenvalue weighted by atomic mass is 10.0. The molecule has 4 rings (SSSR count). The second-order valence-electron chi connectivity index (χ2n) is 5.70. The van der Waals surface area contributed by atoms with Crippen LogP contribution < -0.4 is 0 Å². The summed E-state index contributed by atoms with van der Waals surface area (Å²) < 4.78 is 12.6. The maximum atomic E-state index is 5.42. The average molecular weight is 310 g/mol. The van der Waals surface area contributed by atoms with Crippen LogP contribution in [0, 0.1) is 0 Å². The van der Waals surface area contributed by atoms with E-state index >= 15 is 0 Å². The third-order valence-electron chi connectivity index (χ3n) is 4.06. The molecule has 1 aromatic carbocycles. The molecule has 0 radical (unpaired) electrons. The first-order valence-electron chi connectivity index (χ1n) is 7.89. The molecule has 0 N–H and O–H groups in total. The van der Waals surface area contributed by atoms with Crippen LogP contribution in [-0.2, 0) is 11.2 Å². The minimum Gasteiger partial charge on any atom is -0.381 e. The topological polar surface area (TPSA) is 66.0 Å². The average Bonchev–Trinajstić information content (AvgIpc) is 3.27. The van der Waals surface area contributed by atoms with Crippen LogP contribution >= 0.6 is 0 Å². The van der Waals surface area contributed by atoms with Gasteiger partial charge >= 0.3 is 0 Å². The fourth-order valence-corrected chi connectivity index (χ4v) is 2.79. The molecule has 1 saturated heterocycles. The predicted molar refractivity (Wildman–Crippen MR) is 83.5 cm³/mol. The Hall–Kier alpha value is -2.47. The van der Waals surface area contributed by atoms with Gasteiger partial charge in [-0.3, -0.25) is 0 Å². The lowest BCUT2D eigenvalue weighted by Gasteiger charge is -2.17. The quantitative estimate of drug-likeness (QED) is 0.741. The highest BCUT2D eigenvalue weighted by Crippen LogP contribution is 2.25. The van der Waals surface area contributed by atoms with Gasteiger partial charge in [-0.25, -0.2) is 4.68 Å². The Morgan fingerprint density at radius 2 is 1.91 bits per heavy atom. The zero-order valence-corrected chi connectivity index (χ0v) is 12.8. The summed E-state index contributed by atoms with van der Waals surface area (Å²) in [6.45, 7) is 1.54. The van der Waals surface area contributed by atoms with Crippen molar-refractivity contribution in [1.29, 1.82) is 0 Å². The molecule has 3 aromatic rings. The summed E-state index contributed by atoms with van der Waals surface area (Å²) in [7, 11) is 0. The number of nitrogens with zero attached hydrogens (tertiary/aromatic N) is 4. The van der Waals surface area contributed by atoms with Crippen molar-refractivity contribution in [2.45, 2.75) is 25.2 Å². The Kier molecular flexibility index (Phi) is 3.90. The Labute approximate surface area is 134 Å². The molecular weight excluding hydrogens is 292 g/mol. The van der Waals surface area contributed by atoms with E-state index in [4.69, 9.17) is 9.26 Å². The highest BCUT2D eigenvalue weighted by Gasteiger charge is 2.22. The van der Waals surface area contributed by atoms with Gasteiger partial charge in [0.05, 0.1) is 17.8 Å². The first-order valence-corrected chi connectivity index (χ1v) is 7.89. The van der Waals surface area contributed by atoms with Crippen molar-refractivity contribution in [3.63, 3.8) is 0 Å². The van der Waals surface area contributed by atoms with Gasteiger partial charge in [0, 0.05) is 25.3 Å². The standard InChI is InChI=1S/C17H18N4O2/c1-2-4-15(5-3-1)21-9-6-14(19-21)12-16-18-17(23-20-16)13-7-10-22-11-8-13/h1-6,9,13H,7-8,10-12H2. The second-order valence-corrected chi connectivity index (χ2v) is 5.70. The number of hydrogen-bond donors (Lipinski definition) is 0. The van der Waals surface area contributed by atoms with E-state index in [-0.39, 0.29) is 0 Å². The van der Waals surface area contributed by atoms with Gasteiger partial charge in [0.2, 0.25) is 5.89 Å². The van der Waals surface area contributed by atoms with Crippen LogP contribution in [0.25, 0.3) is 5.69 Å². The predicted octanol–water partition coefficient (Wildman–Crippen LogP) is 2.74. The van der Waals surface area contributed by atoms with Crippen LogP contribution in [0.2, 0.25) is 0 Å². The normalized spacial score (nSPS) is 15.8. The molecule has 0 amide bonds. The highest BCUT2D eigenvalue weighted by molar-refractivity contribution is 5.30. The molecule has 1 aliphatic heterocycles. The van der Waals surface area contributed by atoms with Crippen molar-refractivity contribution in [3.8, 4) is 5.69 Å². The van der Waals surface area contributed by atoms with Crippen LogP contribution in [0.3, 0.4) is 0 Å². The molecule has 2 aromatic heterocycles. The minimum atomic E-state index is 0.326. The number of benzene rings is 1. The molecule has 0 bridgehead atoms. The van der Waals surface area contributed by atoms with E-state index in [1.807, 2.05) is 47.3 Å². The van der Waals surface area contributed by atoms with Crippen molar-refractivity contribution in [2.24, 2.45) is 0 Å². The Balaban J connectivity index is 1.46. The van der Waals surface area contributed by atoms with E-state index in [0.717, 1.165) is 43.3 Å². The lowest BCUT2D eigenvalue weighted by Crippen LogP contribution is -2.14. The summed E-state index contributed by atoms with van der Waals surface area (Å²) in [6.07, 6.45) is 4.42. The monoisotopic (exact) mass is 310 g/mol.